The molecule has 152 valence electrons. The van der Waals surface area contributed by atoms with Crippen molar-refractivity contribution in [3.8, 4) is 0 Å². The van der Waals surface area contributed by atoms with E-state index in [-0.39, 0.29) is 24.1 Å². The maximum absolute atomic E-state index is 12.9. The Morgan fingerprint density at radius 1 is 1.24 bits per heavy atom. The van der Waals surface area contributed by atoms with E-state index in [1.807, 2.05) is 24.3 Å². The molecule has 0 bridgehead atoms. The lowest BCUT2D eigenvalue weighted by molar-refractivity contribution is -0.116. The Labute approximate surface area is 172 Å². The first kappa shape index (κ1) is 20.7. The number of aryl methyl sites for hydroxylation is 2. The Morgan fingerprint density at radius 3 is 2.55 bits per heavy atom. The van der Waals surface area contributed by atoms with Gasteiger partial charge >= 0.3 is 5.97 Å². The monoisotopic (exact) mass is 413 g/mol. The van der Waals surface area contributed by atoms with Gasteiger partial charge in [0.15, 0.2) is 0 Å². The molecular weight excluding hydrogens is 390 g/mol. The highest BCUT2D eigenvalue weighted by molar-refractivity contribution is 7.20. The minimum atomic E-state index is -0.472. The Hall–Kier alpha value is -3.00. The minimum Gasteiger partial charge on any atom is -0.459 e. The fourth-order valence-corrected chi connectivity index (χ4v) is 3.94. The molecule has 1 aromatic carbocycles. The molecule has 2 heterocycles. The molecule has 29 heavy (non-hydrogen) atoms. The summed E-state index contributed by atoms with van der Waals surface area (Å²) in [5, 5.41) is 3.12. The van der Waals surface area contributed by atoms with Gasteiger partial charge in [0, 0.05) is 5.69 Å². The molecule has 0 fully saturated rings. The molecule has 0 radical (unpaired) electrons. The lowest BCUT2D eigenvalue weighted by atomic mass is 10.1. The Bertz CT molecular complexity index is 1110. The third-order valence-corrected chi connectivity index (χ3v) is 5.59. The number of fused-ring (bicyclic) bond motifs is 1. The van der Waals surface area contributed by atoms with Crippen molar-refractivity contribution in [1.29, 1.82) is 0 Å². The van der Waals surface area contributed by atoms with Crippen molar-refractivity contribution < 1.29 is 14.3 Å². The van der Waals surface area contributed by atoms with Crippen molar-refractivity contribution in [2.75, 3.05) is 5.32 Å². The van der Waals surface area contributed by atoms with Crippen LogP contribution in [0.4, 0.5) is 5.69 Å². The quantitative estimate of drug-likeness (QED) is 0.625. The van der Waals surface area contributed by atoms with Crippen molar-refractivity contribution in [3.05, 3.63) is 57.0 Å². The highest BCUT2D eigenvalue weighted by Crippen LogP contribution is 2.27. The molecule has 2 aromatic heterocycles. The predicted molar refractivity (Wildman–Crippen MR) is 114 cm³/mol. The van der Waals surface area contributed by atoms with E-state index in [1.54, 1.807) is 20.8 Å². The topological polar surface area (TPSA) is 90.3 Å². The van der Waals surface area contributed by atoms with Gasteiger partial charge in [-0.05, 0) is 50.5 Å². The van der Waals surface area contributed by atoms with Crippen LogP contribution in [0.5, 0.6) is 0 Å². The average Bonchev–Trinajstić information content (AvgIpc) is 3.01. The molecule has 0 atom stereocenters. The van der Waals surface area contributed by atoms with Crippen LogP contribution in [0, 0.1) is 6.92 Å². The molecule has 1 amide bonds. The van der Waals surface area contributed by atoms with Crippen molar-refractivity contribution in [2.45, 2.75) is 46.8 Å². The molecule has 0 aliphatic rings. The van der Waals surface area contributed by atoms with Crippen LogP contribution >= 0.6 is 11.3 Å². The fourth-order valence-electron chi connectivity index (χ4n) is 2.91. The van der Waals surface area contributed by atoms with E-state index < -0.39 is 5.97 Å². The van der Waals surface area contributed by atoms with Gasteiger partial charge in [-0.15, -0.1) is 11.3 Å². The number of aromatic nitrogens is 2. The molecule has 7 nitrogen and oxygen atoms in total. The van der Waals surface area contributed by atoms with E-state index in [0.29, 0.717) is 26.3 Å². The van der Waals surface area contributed by atoms with Crippen molar-refractivity contribution in [2.24, 2.45) is 0 Å². The minimum absolute atomic E-state index is 0.168. The highest BCUT2D eigenvalue weighted by atomic mass is 32.1. The smallest absolute Gasteiger partial charge is 0.348 e. The molecule has 0 spiro atoms. The highest BCUT2D eigenvalue weighted by Gasteiger charge is 2.21. The zero-order chi connectivity index (χ0) is 21.1. The van der Waals surface area contributed by atoms with E-state index >= 15 is 0 Å². The maximum atomic E-state index is 12.9. The molecule has 3 aromatic rings. The third kappa shape index (κ3) is 4.54. The van der Waals surface area contributed by atoms with E-state index in [2.05, 4.69) is 17.2 Å². The van der Waals surface area contributed by atoms with Gasteiger partial charge < -0.3 is 10.1 Å². The van der Waals surface area contributed by atoms with Gasteiger partial charge in [0.05, 0.1) is 17.8 Å². The zero-order valence-corrected chi connectivity index (χ0v) is 17.6. The van der Waals surface area contributed by atoms with Crippen molar-refractivity contribution in [1.82, 2.24) is 9.55 Å². The summed E-state index contributed by atoms with van der Waals surface area (Å²) >= 11 is 1.12. The van der Waals surface area contributed by atoms with Crippen LogP contribution in [0.15, 0.2) is 35.4 Å². The molecular formula is C21H23N3O4S. The Morgan fingerprint density at radius 2 is 1.93 bits per heavy atom. The molecule has 0 saturated heterocycles. The first-order chi connectivity index (χ1) is 13.8. The molecule has 0 saturated carbocycles. The standard InChI is InChI=1S/C21H23N3O4S/c1-5-14-6-8-15(9-7-14)23-16(25)10-24-11-22-19-17(20(24)26)13(4)18(29-19)21(27)28-12(2)3/h6-9,11-12H,5,10H2,1-4H3,(H,23,25). The van der Waals surface area contributed by atoms with Crippen LogP contribution in [0.25, 0.3) is 10.2 Å². The molecule has 0 aliphatic carbocycles. The SMILES string of the molecule is CCc1ccc(NC(=O)Cn2cnc3sc(C(=O)OC(C)C)c(C)c3c2=O)cc1. The van der Waals surface area contributed by atoms with Crippen LogP contribution in [-0.2, 0) is 22.5 Å². The van der Waals surface area contributed by atoms with Gasteiger partial charge in [-0.3, -0.25) is 14.2 Å². The number of hydrogen-bond acceptors (Lipinski definition) is 6. The molecule has 0 aliphatic heterocycles. The van der Waals surface area contributed by atoms with Crippen LogP contribution in [-0.4, -0.2) is 27.5 Å². The second-order valence-electron chi connectivity index (χ2n) is 6.97. The first-order valence-corrected chi connectivity index (χ1v) is 10.2. The normalized spacial score (nSPS) is 11.1. The summed E-state index contributed by atoms with van der Waals surface area (Å²) in [5.74, 6) is -0.801. The van der Waals surface area contributed by atoms with Crippen LogP contribution in [0.3, 0.4) is 0 Å². The number of nitrogens with one attached hydrogen (secondary N) is 1. The third-order valence-electron chi connectivity index (χ3n) is 4.41. The largest absolute Gasteiger partial charge is 0.459 e. The molecule has 0 unspecified atom stereocenters. The predicted octanol–water partition coefficient (Wildman–Crippen LogP) is 3.53. The maximum Gasteiger partial charge on any atom is 0.348 e. The number of anilines is 1. The number of carbonyl (C=O) groups is 2. The van der Waals surface area contributed by atoms with E-state index in [1.165, 1.54) is 16.5 Å². The van der Waals surface area contributed by atoms with Gasteiger partial charge in [-0.25, -0.2) is 9.78 Å². The lowest BCUT2D eigenvalue weighted by Gasteiger charge is -2.08. The van der Waals surface area contributed by atoms with E-state index in [0.717, 1.165) is 17.8 Å². The number of thiophene rings is 1. The first-order valence-electron chi connectivity index (χ1n) is 9.38. The number of amides is 1. The zero-order valence-electron chi connectivity index (χ0n) is 16.8. The Kier molecular flexibility index (Phi) is 6.12. The second-order valence-corrected chi connectivity index (χ2v) is 7.97. The summed E-state index contributed by atoms with van der Waals surface area (Å²) in [6.07, 6.45) is 1.99. The summed E-state index contributed by atoms with van der Waals surface area (Å²) < 4.78 is 6.48. The molecule has 1 N–H and O–H groups in total. The summed E-state index contributed by atoms with van der Waals surface area (Å²) in [7, 11) is 0. The number of nitrogens with zero attached hydrogens (tertiary/aromatic N) is 2. The molecule has 8 heteroatoms. The number of ether oxygens (including phenoxy) is 1. The summed E-state index contributed by atoms with van der Waals surface area (Å²) in [4.78, 5) is 42.6. The van der Waals surface area contributed by atoms with Crippen LogP contribution in [0.1, 0.15) is 41.6 Å². The van der Waals surface area contributed by atoms with Gasteiger partial charge in [-0.2, -0.15) is 0 Å². The average molecular weight is 413 g/mol. The van der Waals surface area contributed by atoms with Gasteiger partial charge in [0.2, 0.25) is 5.91 Å². The molecule has 3 rings (SSSR count). The van der Waals surface area contributed by atoms with Crippen LogP contribution < -0.4 is 10.9 Å². The Balaban J connectivity index is 1.83. The fraction of sp³-hybridized carbons (Fsp3) is 0.333. The lowest BCUT2D eigenvalue weighted by Crippen LogP contribution is -2.27. The van der Waals surface area contributed by atoms with Gasteiger partial charge in [-0.1, -0.05) is 19.1 Å². The van der Waals surface area contributed by atoms with Crippen molar-refractivity contribution >= 4 is 39.1 Å². The van der Waals surface area contributed by atoms with E-state index in [9.17, 15) is 14.4 Å². The summed E-state index contributed by atoms with van der Waals surface area (Å²) in [6.45, 7) is 7.11. The summed E-state index contributed by atoms with van der Waals surface area (Å²) in [5.41, 5.74) is 2.01. The summed E-state index contributed by atoms with van der Waals surface area (Å²) in [6, 6.07) is 7.55. The number of esters is 1. The number of rotatable bonds is 6. The second kappa shape index (κ2) is 8.57. The number of hydrogen-bond donors (Lipinski definition) is 1. The van der Waals surface area contributed by atoms with Crippen LogP contribution in [0.2, 0.25) is 0 Å². The van der Waals surface area contributed by atoms with Crippen molar-refractivity contribution in [3.63, 3.8) is 0 Å². The number of carbonyl (C=O) groups excluding carboxylic acids is 2. The van der Waals surface area contributed by atoms with Gasteiger partial charge in [0.25, 0.3) is 5.56 Å². The van der Waals surface area contributed by atoms with Gasteiger partial charge in [0.1, 0.15) is 16.3 Å². The number of benzene rings is 1. The van der Waals surface area contributed by atoms with E-state index in [4.69, 9.17) is 4.74 Å².